The maximum atomic E-state index is 2.49. The first-order valence-corrected chi connectivity index (χ1v) is 31.8. The first kappa shape index (κ1) is 47.7. The second-order valence-corrected chi connectivity index (χ2v) is 30.8. The highest BCUT2D eigenvalue weighted by Crippen LogP contribution is 2.56. The molecule has 71 heavy (non-hydrogen) atoms. The first-order valence-electron chi connectivity index (χ1n) is 23.7. The third kappa shape index (κ3) is 8.64. The summed E-state index contributed by atoms with van der Waals surface area (Å²) in [4.78, 5) is 22.2. The van der Waals surface area contributed by atoms with E-state index in [-0.39, 0.29) is 0 Å². The number of fused-ring (bicyclic) bond motifs is 4. The van der Waals surface area contributed by atoms with Gasteiger partial charge in [-0.2, -0.15) is 0 Å². The largest absolute Gasteiger partial charge is 0.141 e. The molecule has 0 atom stereocenters. The summed E-state index contributed by atoms with van der Waals surface area (Å²) in [5, 5.41) is 5.54. The molecule has 3 aromatic carbocycles. The summed E-state index contributed by atoms with van der Waals surface area (Å²) >= 11 is 19.4. The van der Waals surface area contributed by atoms with Crippen molar-refractivity contribution in [2.45, 2.75) is 76.2 Å². The Morgan fingerprint density at radius 3 is 1.06 bits per heavy atom. The van der Waals surface area contributed by atoms with Gasteiger partial charge in [0.2, 0.25) is 0 Å². The molecule has 0 bridgehead atoms. The van der Waals surface area contributed by atoms with E-state index in [2.05, 4.69) is 179 Å². The fourth-order valence-corrected chi connectivity index (χ4v) is 21.7. The summed E-state index contributed by atoms with van der Waals surface area (Å²) in [6, 6.07) is 39.8. The molecule has 0 fully saturated rings. The maximum Gasteiger partial charge on any atom is 0.0475 e. The van der Waals surface area contributed by atoms with Gasteiger partial charge in [-0.15, -0.1) is 113 Å². The zero-order chi connectivity index (χ0) is 49.1. The monoisotopic (exact) mass is 1100 g/mol. The summed E-state index contributed by atoms with van der Waals surface area (Å²) in [5.41, 5.74) is 12.4. The average molecular weight is 1100 g/mol. The molecular formula is C61H50S10. The van der Waals surface area contributed by atoms with Crippen molar-refractivity contribution in [1.82, 2.24) is 0 Å². The average Bonchev–Trinajstić information content (AvgIpc) is 4.17. The molecule has 0 N–H and O–H groups in total. The lowest BCUT2D eigenvalue weighted by Gasteiger charge is -2.09. The predicted octanol–water partition coefficient (Wildman–Crippen LogP) is 23.7. The zero-order valence-corrected chi connectivity index (χ0v) is 49.6. The molecule has 0 nitrogen and oxygen atoms in total. The van der Waals surface area contributed by atoms with Crippen molar-refractivity contribution < 1.29 is 0 Å². The van der Waals surface area contributed by atoms with E-state index in [1.165, 1.54) is 168 Å². The Balaban J connectivity index is 0.000000147. The van der Waals surface area contributed by atoms with Crippen molar-refractivity contribution in [3.8, 4) is 71.0 Å². The molecule has 0 aliphatic carbocycles. The van der Waals surface area contributed by atoms with Gasteiger partial charge in [-0.05, 0) is 188 Å². The SMILES string of the molecule is Cc1ccc(-c2c3cc(-c4sc(C)cc4C)sc3c(-c3ccc(C)s3)c3cc(-c4sc(C)cc4C)sc23)s1.Cc1ccc(-c2c3cc(-c4sc(C)cc4C)sc3cc3cc(-c4sc(C)cc4C)sc23)cc1. The number of aryl methyl sites for hydroxylation is 11. The van der Waals surface area contributed by atoms with Crippen LogP contribution in [-0.4, -0.2) is 0 Å². The Hall–Kier alpha value is -4.30. The van der Waals surface area contributed by atoms with E-state index in [9.17, 15) is 0 Å². The highest BCUT2D eigenvalue weighted by atomic mass is 32.1. The molecule has 0 spiro atoms. The Morgan fingerprint density at radius 2 is 0.662 bits per heavy atom. The number of hydrogen-bond donors (Lipinski definition) is 0. The van der Waals surface area contributed by atoms with E-state index < -0.39 is 0 Å². The molecule has 0 unspecified atom stereocenters. The van der Waals surface area contributed by atoms with Crippen molar-refractivity contribution in [1.29, 1.82) is 0 Å². The second kappa shape index (κ2) is 18.6. The van der Waals surface area contributed by atoms with Crippen LogP contribution in [0.5, 0.6) is 0 Å². The number of benzene rings is 3. The third-order valence-electron chi connectivity index (χ3n) is 13.1. The molecule has 13 rings (SSSR count). The molecular weight excluding hydrogens is 1050 g/mol. The Morgan fingerprint density at radius 1 is 0.268 bits per heavy atom. The van der Waals surface area contributed by atoms with Gasteiger partial charge in [0.15, 0.2) is 0 Å². The van der Waals surface area contributed by atoms with Gasteiger partial charge in [0.05, 0.1) is 0 Å². The third-order valence-corrected chi connectivity index (χ3v) is 25.1. The highest BCUT2D eigenvalue weighted by molar-refractivity contribution is 7.30. The van der Waals surface area contributed by atoms with Gasteiger partial charge in [0.25, 0.3) is 0 Å². The number of thiophene rings is 10. The molecule has 10 heterocycles. The summed E-state index contributed by atoms with van der Waals surface area (Å²) in [6.45, 7) is 24.4. The maximum absolute atomic E-state index is 2.49. The van der Waals surface area contributed by atoms with Crippen molar-refractivity contribution >= 4 is 154 Å². The van der Waals surface area contributed by atoms with E-state index in [4.69, 9.17) is 0 Å². The van der Waals surface area contributed by atoms with Crippen molar-refractivity contribution in [2.24, 2.45) is 0 Å². The summed E-state index contributed by atoms with van der Waals surface area (Å²) in [6.07, 6.45) is 0. The van der Waals surface area contributed by atoms with Crippen LogP contribution in [0.15, 0.2) is 103 Å². The second-order valence-electron chi connectivity index (χ2n) is 18.9. The number of hydrogen-bond acceptors (Lipinski definition) is 10. The van der Waals surface area contributed by atoms with Crippen molar-refractivity contribution in [3.63, 3.8) is 0 Å². The molecule has 10 heteroatoms. The minimum Gasteiger partial charge on any atom is -0.141 e. The van der Waals surface area contributed by atoms with Crippen molar-refractivity contribution in [3.05, 3.63) is 160 Å². The van der Waals surface area contributed by atoms with Gasteiger partial charge in [-0.3, -0.25) is 0 Å². The van der Waals surface area contributed by atoms with E-state index >= 15 is 0 Å². The molecule has 0 amide bonds. The normalized spacial score (nSPS) is 11.9. The van der Waals surface area contributed by atoms with E-state index in [1.807, 2.05) is 113 Å². The lowest BCUT2D eigenvalue weighted by Crippen LogP contribution is -1.81. The van der Waals surface area contributed by atoms with Crippen LogP contribution in [0.1, 0.15) is 57.1 Å². The van der Waals surface area contributed by atoms with Crippen LogP contribution < -0.4 is 0 Å². The van der Waals surface area contributed by atoms with Gasteiger partial charge in [0.1, 0.15) is 0 Å². The minimum absolute atomic E-state index is 1.30. The van der Waals surface area contributed by atoms with Crippen LogP contribution in [0.2, 0.25) is 0 Å². The Kier molecular flexibility index (Phi) is 12.5. The highest BCUT2D eigenvalue weighted by Gasteiger charge is 2.26. The van der Waals surface area contributed by atoms with Crippen molar-refractivity contribution in [2.75, 3.05) is 0 Å². The van der Waals surface area contributed by atoms with Crippen LogP contribution in [0.25, 0.3) is 111 Å². The van der Waals surface area contributed by atoms with E-state index in [0.29, 0.717) is 0 Å². The number of rotatable bonds is 7. The molecule has 0 saturated heterocycles. The topological polar surface area (TPSA) is 0 Å². The Bertz CT molecular complexity index is 3880. The summed E-state index contributed by atoms with van der Waals surface area (Å²) in [5.74, 6) is 0. The molecule has 0 radical (unpaired) electrons. The summed E-state index contributed by atoms with van der Waals surface area (Å²) in [7, 11) is 0. The quantitative estimate of drug-likeness (QED) is 0.149. The molecule has 10 aromatic heterocycles. The molecule has 354 valence electrons. The van der Waals surface area contributed by atoms with Gasteiger partial charge < -0.3 is 0 Å². The smallest absolute Gasteiger partial charge is 0.0475 e. The zero-order valence-electron chi connectivity index (χ0n) is 41.4. The van der Waals surface area contributed by atoms with Gasteiger partial charge in [-0.1, -0.05) is 29.8 Å². The summed E-state index contributed by atoms with van der Waals surface area (Å²) < 4.78 is 5.62. The van der Waals surface area contributed by atoms with Gasteiger partial charge >= 0.3 is 0 Å². The first-order chi connectivity index (χ1) is 34.1. The molecule has 0 aliphatic heterocycles. The van der Waals surface area contributed by atoms with E-state index in [0.717, 1.165) is 0 Å². The predicted molar refractivity (Wildman–Crippen MR) is 332 cm³/mol. The van der Waals surface area contributed by atoms with Crippen LogP contribution >= 0.6 is 113 Å². The lowest BCUT2D eigenvalue weighted by molar-refractivity contribution is 1.48. The van der Waals surface area contributed by atoms with Gasteiger partial charge in [0, 0.05) is 130 Å². The minimum atomic E-state index is 1.30. The molecule has 0 saturated carbocycles. The lowest BCUT2D eigenvalue weighted by atomic mass is 9.99. The van der Waals surface area contributed by atoms with Crippen LogP contribution in [-0.2, 0) is 0 Å². The van der Waals surface area contributed by atoms with Crippen LogP contribution in [0, 0.1) is 76.2 Å². The molecule has 0 aliphatic rings. The van der Waals surface area contributed by atoms with E-state index in [1.54, 1.807) is 0 Å². The van der Waals surface area contributed by atoms with Crippen LogP contribution in [0.4, 0.5) is 0 Å². The fraction of sp³-hybridized carbons (Fsp3) is 0.180. The fourth-order valence-electron chi connectivity index (χ4n) is 10.1. The standard InChI is InChI=1S/C32H26S6.C29H24S4/c1-15-11-19(5)35-29(15)25-13-21-27(23-9-7-17(3)33-23)32-22(14-26(38-32)30-16(2)12-20(6)36-30)28(31(21)37-25)24-10-8-18(4)34-24;1-15-6-8-20(9-7-15)26-22-14-25(28-17(3)11-19(5)31-28)32-23(22)12-21-13-24(33-29(21)26)27-16(2)10-18(4)30-27/h7-14H,1-6H3;6-14H,1-5H3. The molecule has 13 aromatic rings. The Labute approximate surface area is 456 Å². The van der Waals surface area contributed by atoms with Gasteiger partial charge in [-0.25, -0.2) is 0 Å². The van der Waals surface area contributed by atoms with Crippen LogP contribution in [0.3, 0.4) is 0 Å².